The van der Waals surface area contributed by atoms with Crippen molar-refractivity contribution in [2.24, 2.45) is 11.5 Å². The highest BCUT2D eigenvalue weighted by Gasteiger charge is 1.99. The first-order valence-electron chi connectivity index (χ1n) is 5.98. The Balaban J connectivity index is -0.000000980. The maximum Gasteiger partial charge on any atom is 0.219 e. The monoisotopic (exact) mass is 287 g/mol. The number of amides is 1. The van der Waals surface area contributed by atoms with Crippen molar-refractivity contribution in [2.45, 2.75) is 44.9 Å². The molecule has 106 valence electrons. The van der Waals surface area contributed by atoms with Crippen LogP contribution in [0.15, 0.2) is 0 Å². The van der Waals surface area contributed by atoms with E-state index in [1.807, 2.05) is 0 Å². The number of halogens is 2. The van der Waals surface area contributed by atoms with Crippen LogP contribution in [0.25, 0.3) is 0 Å². The quantitative estimate of drug-likeness (QED) is 0.534. The normalized spacial score (nSPS) is 9.06. The molecule has 0 heterocycles. The summed E-state index contributed by atoms with van der Waals surface area (Å²) in [6, 6.07) is 0. The van der Waals surface area contributed by atoms with Crippen LogP contribution in [0.2, 0.25) is 0 Å². The van der Waals surface area contributed by atoms with Gasteiger partial charge in [0.15, 0.2) is 0 Å². The van der Waals surface area contributed by atoms with Crippen LogP contribution in [0.3, 0.4) is 0 Å². The molecule has 0 aromatic heterocycles. The van der Waals surface area contributed by atoms with Crippen molar-refractivity contribution in [1.82, 2.24) is 5.32 Å². The lowest BCUT2D eigenvalue weighted by Crippen LogP contribution is -2.24. The van der Waals surface area contributed by atoms with Crippen LogP contribution >= 0.6 is 24.8 Å². The number of hydrogen-bond acceptors (Lipinski definition) is 3. The topological polar surface area (TPSA) is 81.1 Å². The predicted molar refractivity (Wildman–Crippen MR) is 77.9 cm³/mol. The third-order valence-corrected chi connectivity index (χ3v) is 2.31. The second kappa shape index (κ2) is 18.3. The van der Waals surface area contributed by atoms with Gasteiger partial charge in [-0.1, -0.05) is 12.8 Å². The fourth-order valence-corrected chi connectivity index (χ4v) is 1.37. The summed E-state index contributed by atoms with van der Waals surface area (Å²) in [7, 11) is 0. The summed E-state index contributed by atoms with van der Waals surface area (Å²) in [6.07, 6.45) is 6.84. The maximum atomic E-state index is 11.3. The lowest BCUT2D eigenvalue weighted by Gasteiger charge is -2.04. The summed E-state index contributed by atoms with van der Waals surface area (Å²) in [5, 5.41) is 2.91. The molecule has 0 radical (unpaired) electrons. The van der Waals surface area contributed by atoms with Gasteiger partial charge >= 0.3 is 0 Å². The molecule has 0 spiro atoms. The van der Waals surface area contributed by atoms with E-state index in [1.54, 1.807) is 0 Å². The van der Waals surface area contributed by atoms with Gasteiger partial charge in [0.05, 0.1) is 0 Å². The molecule has 0 aromatic carbocycles. The molecule has 0 fully saturated rings. The highest BCUT2D eigenvalue weighted by atomic mass is 35.5. The Labute approximate surface area is 117 Å². The first-order chi connectivity index (χ1) is 7.31. The zero-order chi connectivity index (χ0) is 11.4. The van der Waals surface area contributed by atoms with Crippen molar-refractivity contribution in [2.75, 3.05) is 19.6 Å². The first kappa shape index (κ1) is 22.2. The highest BCUT2D eigenvalue weighted by Crippen LogP contribution is 1.98. The molecule has 5 N–H and O–H groups in total. The second-order valence-electron chi connectivity index (χ2n) is 3.80. The van der Waals surface area contributed by atoms with Crippen LogP contribution in [0, 0.1) is 0 Å². The number of rotatable bonds is 10. The third-order valence-electron chi connectivity index (χ3n) is 2.31. The summed E-state index contributed by atoms with van der Waals surface area (Å²) >= 11 is 0. The van der Waals surface area contributed by atoms with E-state index in [0.717, 1.165) is 58.2 Å². The van der Waals surface area contributed by atoms with Crippen molar-refractivity contribution in [1.29, 1.82) is 0 Å². The van der Waals surface area contributed by atoms with E-state index in [0.29, 0.717) is 6.42 Å². The number of hydrogen-bond donors (Lipinski definition) is 3. The molecule has 0 unspecified atom stereocenters. The van der Waals surface area contributed by atoms with E-state index in [9.17, 15) is 4.79 Å². The second-order valence-corrected chi connectivity index (χ2v) is 3.80. The fraction of sp³-hybridized carbons (Fsp3) is 0.909. The van der Waals surface area contributed by atoms with Crippen LogP contribution in [0.4, 0.5) is 0 Å². The number of nitrogens with one attached hydrogen (secondary N) is 1. The summed E-state index contributed by atoms with van der Waals surface area (Å²) in [6.45, 7) is 2.25. The molecular weight excluding hydrogens is 261 g/mol. The minimum absolute atomic E-state index is 0. The van der Waals surface area contributed by atoms with Gasteiger partial charge in [-0.2, -0.15) is 0 Å². The summed E-state index contributed by atoms with van der Waals surface area (Å²) in [5.41, 5.74) is 10.7. The molecule has 0 rings (SSSR count). The van der Waals surface area contributed by atoms with Crippen LogP contribution in [0.5, 0.6) is 0 Å². The third kappa shape index (κ3) is 18.5. The lowest BCUT2D eigenvalue weighted by atomic mass is 10.2. The molecule has 6 heteroatoms. The van der Waals surface area contributed by atoms with E-state index in [-0.39, 0.29) is 30.7 Å². The lowest BCUT2D eigenvalue weighted by molar-refractivity contribution is -0.121. The standard InChI is InChI=1S/C11H25N3O.2ClH/c12-8-4-1-3-7-11(15)14-10-6-2-5-9-13;;/h1-10,12-13H2,(H,14,15);2*1H. The van der Waals surface area contributed by atoms with E-state index in [1.165, 1.54) is 0 Å². The molecule has 0 aliphatic carbocycles. The van der Waals surface area contributed by atoms with Gasteiger partial charge in [0, 0.05) is 13.0 Å². The van der Waals surface area contributed by atoms with Crippen molar-refractivity contribution < 1.29 is 4.79 Å². The molecule has 0 aromatic rings. The van der Waals surface area contributed by atoms with Gasteiger partial charge in [-0.3, -0.25) is 4.79 Å². The van der Waals surface area contributed by atoms with Crippen molar-refractivity contribution in [3.8, 4) is 0 Å². The maximum absolute atomic E-state index is 11.3. The number of unbranched alkanes of at least 4 members (excludes halogenated alkanes) is 4. The van der Waals surface area contributed by atoms with Crippen molar-refractivity contribution >= 4 is 30.7 Å². The Kier molecular flexibility index (Phi) is 23.9. The van der Waals surface area contributed by atoms with Gasteiger partial charge < -0.3 is 16.8 Å². The first-order valence-corrected chi connectivity index (χ1v) is 5.98. The molecule has 1 amide bonds. The summed E-state index contributed by atoms with van der Waals surface area (Å²) in [5.74, 6) is 0.166. The molecular formula is C11H27Cl2N3O. The van der Waals surface area contributed by atoms with Crippen LogP contribution in [0.1, 0.15) is 44.9 Å². The molecule has 0 atom stereocenters. The molecule has 0 saturated carbocycles. The summed E-state index contributed by atoms with van der Waals surface area (Å²) < 4.78 is 0. The van der Waals surface area contributed by atoms with Gasteiger partial charge in [0.1, 0.15) is 0 Å². The average molecular weight is 288 g/mol. The van der Waals surface area contributed by atoms with Crippen LogP contribution < -0.4 is 16.8 Å². The molecule has 0 aliphatic heterocycles. The molecule has 17 heavy (non-hydrogen) atoms. The van der Waals surface area contributed by atoms with Gasteiger partial charge in [-0.15, -0.1) is 24.8 Å². The zero-order valence-corrected chi connectivity index (χ0v) is 12.1. The minimum Gasteiger partial charge on any atom is -0.356 e. The molecule has 0 saturated heterocycles. The minimum atomic E-state index is 0. The average Bonchev–Trinajstić information content (AvgIpc) is 2.24. The molecule has 4 nitrogen and oxygen atoms in total. The Bertz CT molecular complexity index is 160. The largest absolute Gasteiger partial charge is 0.356 e. The van der Waals surface area contributed by atoms with Crippen LogP contribution in [-0.4, -0.2) is 25.5 Å². The van der Waals surface area contributed by atoms with E-state index in [2.05, 4.69) is 5.32 Å². The van der Waals surface area contributed by atoms with Gasteiger partial charge in [-0.05, 0) is 38.8 Å². The molecule has 0 bridgehead atoms. The Morgan fingerprint density at radius 2 is 1.35 bits per heavy atom. The number of carbonyl (C=O) groups is 1. The van der Waals surface area contributed by atoms with E-state index >= 15 is 0 Å². The van der Waals surface area contributed by atoms with Crippen molar-refractivity contribution in [3.05, 3.63) is 0 Å². The fourth-order valence-electron chi connectivity index (χ4n) is 1.37. The Morgan fingerprint density at radius 1 is 0.824 bits per heavy atom. The van der Waals surface area contributed by atoms with Gasteiger partial charge in [-0.25, -0.2) is 0 Å². The number of carbonyl (C=O) groups excluding carboxylic acids is 1. The van der Waals surface area contributed by atoms with Gasteiger partial charge in [0.2, 0.25) is 5.91 Å². The smallest absolute Gasteiger partial charge is 0.219 e. The van der Waals surface area contributed by atoms with Gasteiger partial charge in [0.25, 0.3) is 0 Å². The SMILES string of the molecule is Cl.Cl.NCCCCCNC(=O)CCCCCN. The highest BCUT2D eigenvalue weighted by molar-refractivity contribution is 5.85. The zero-order valence-electron chi connectivity index (χ0n) is 10.5. The Hall–Kier alpha value is -0.0300. The molecule has 0 aliphatic rings. The summed E-state index contributed by atoms with van der Waals surface area (Å²) in [4.78, 5) is 11.3. The Morgan fingerprint density at radius 3 is 1.88 bits per heavy atom. The van der Waals surface area contributed by atoms with Crippen molar-refractivity contribution in [3.63, 3.8) is 0 Å². The van der Waals surface area contributed by atoms with E-state index in [4.69, 9.17) is 11.5 Å². The number of nitrogens with two attached hydrogens (primary N) is 2. The predicted octanol–water partition coefficient (Wildman–Crippen LogP) is 1.59. The van der Waals surface area contributed by atoms with E-state index < -0.39 is 0 Å². The van der Waals surface area contributed by atoms with Crippen LogP contribution in [-0.2, 0) is 4.79 Å².